The molecule has 1 aromatic carbocycles. The number of nitriles is 1. The fourth-order valence-electron chi connectivity index (χ4n) is 1.51. The summed E-state index contributed by atoms with van der Waals surface area (Å²) in [7, 11) is 0. The number of hydrogen-bond acceptors (Lipinski definition) is 5. The number of aromatic nitrogens is 3. The second-order valence-electron chi connectivity index (χ2n) is 3.80. The van der Waals surface area contributed by atoms with Crippen LogP contribution < -0.4 is 5.32 Å². The van der Waals surface area contributed by atoms with Gasteiger partial charge in [0.1, 0.15) is 0 Å². The van der Waals surface area contributed by atoms with E-state index in [-0.39, 0.29) is 16.6 Å². The minimum absolute atomic E-state index is 0.0366. The van der Waals surface area contributed by atoms with E-state index in [0.717, 1.165) is 5.56 Å². The van der Waals surface area contributed by atoms with Crippen LogP contribution in [-0.4, -0.2) is 15.0 Å². The number of rotatable bonds is 3. The Hall–Kier alpha value is -1.90. The van der Waals surface area contributed by atoms with E-state index in [4.69, 9.17) is 28.5 Å². The van der Waals surface area contributed by atoms with Crippen molar-refractivity contribution in [1.82, 2.24) is 15.0 Å². The molecule has 5 nitrogen and oxygen atoms in total. The molecule has 0 aliphatic heterocycles. The summed E-state index contributed by atoms with van der Waals surface area (Å²) in [6, 6.07) is 9.24. The Kier molecular flexibility index (Phi) is 4.15. The Labute approximate surface area is 120 Å². The molecule has 0 fully saturated rings. The van der Waals surface area contributed by atoms with Crippen molar-refractivity contribution in [2.24, 2.45) is 0 Å². The molecule has 0 radical (unpaired) electrons. The van der Waals surface area contributed by atoms with Gasteiger partial charge in [-0.15, -0.1) is 0 Å². The first kappa shape index (κ1) is 13.5. The molecule has 1 N–H and O–H groups in total. The fourth-order valence-corrected chi connectivity index (χ4v) is 1.88. The standard InChI is InChI=1S/C12H9Cl2N5/c1-7(9-4-2-8(6-15)3-5-9)16-12-18-10(13)17-11(14)19-12/h2-5,7H,1H3,(H,16,17,18,19). The monoisotopic (exact) mass is 293 g/mol. The normalized spacial score (nSPS) is 11.7. The lowest BCUT2D eigenvalue weighted by Gasteiger charge is -2.14. The topological polar surface area (TPSA) is 74.5 Å². The van der Waals surface area contributed by atoms with E-state index in [1.165, 1.54) is 0 Å². The number of halogens is 2. The van der Waals surface area contributed by atoms with Gasteiger partial charge < -0.3 is 5.32 Å². The average molecular weight is 294 g/mol. The Morgan fingerprint density at radius 2 is 1.68 bits per heavy atom. The second kappa shape index (κ2) is 5.83. The van der Waals surface area contributed by atoms with Crippen molar-refractivity contribution >= 4 is 29.2 Å². The van der Waals surface area contributed by atoms with Crippen molar-refractivity contribution in [2.75, 3.05) is 5.32 Å². The molecule has 2 rings (SSSR count). The van der Waals surface area contributed by atoms with Crippen LogP contribution in [0.1, 0.15) is 24.1 Å². The van der Waals surface area contributed by atoms with Gasteiger partial charge in [-0.2, -0.15) is 20.2 Å². The van der Waals surface area contributed by atoms with E-state index in [0.29, 0.717) is 11.5 Å². The first-order valence-electron chi connectivity index (χ1n) is 5.42. The third-order valence-electron chi connectivity index (χ3n) is 2.47. The van der Waals surface area contributed by atoms with Crippen molar-refractivity contribution in [3.8, 4) is 6.07 Å². The molecule has 0 saturated heterocycles. The molecule has 0 amide bonds. The Bertz CT molecular complexity index is 601. The number of hydrogen-bond donors (Lipinski definition) is 1. The third-order valence-corrected chi connectivity index (χ3v) is 2.80. The Morgan fingerprint density at radius 3 is 2.21 bits per heavy atom. The van der Waals surface area contributed by atoms with Crippen molar-refractivity contribution in [3.63, 3.8) is 0 Å². The van der Waals surface area contributed by atoms with Crippen LogP contribution in [0.15, 0.2) is 24.3 Å². The zero-order chi connectivity index (χ0) is 13.8. The molecule has 2 aromatic rings. The quantitative estimate of drug-likeness (QED) is 0.940. The van der Waals surface area contributed by atoms with Crippen LogP contribution in [0.4, 0.5) is 5.95 Å². The highest BCUT2D eigenvalue weighted by molar-refractivity contribution is 6.31. The molecule has 7 heteroatoms. The van der Waals surface area contributed by atoms with E-state index in [2.05, 4.69) is 26.3 Å². The van der Waals surface area contributed by atoms with Crippen molar-refractivity contribution in [1.29, 1.82) is 5.26 Å². The predicted molar refractivity (Wildman–Crippen MR) is 73.0 cm³/mol. The molecule has 0 bridgehead atoms. The average Bonchev–Trinajstić information content (AvgIpc) is 2.37. The van der Waals surface area contributed by atoms with Gasteiger partial charge in [0.15, 0.2) is 0 Å². The molecule has 1 heterocycles. The zero-order valence-electron chi connectivity index (χ0n) is 9.93. The largest absolute Gasteiger partial charge is 0.348 e. The molecular formula is C12H9Cl2N5. The molecule has 0 aliphatic carbocycles. The van der Waals surface area contributed by atoms with Gasteiger partial charge in [-0.05, 0) is 47.8 Å². The minimum atomic E-state index is -0.0534. The maximum Gasteiger partial charge on any atom is 0.228 e. The highest BCUT2D eigenvalue weighted by Crippen LogP contribution is 2.18. The Balaban J connectivity index is 2.15. The zero-order valence-corrected chi connectivity index (χ0v) is 11.4. The lowest BCUT2D eigenvalue weighted by molar-refractivity contribution is 0.853. The van der Waals surface area contributed by atoms with Gasteiger partial charge in [0, 0.05) is 0 Å². The van der Waals surface area contributed by atoms with E-state index >= 15 is 0 Å². The molecule has 1 atom stereocenters. The minimum Gasteiger partial charge on any atom is -0.348 e. The van der Waals surface area contributed by atoms with Crippen molar-refractivity contribution < 1.29 is 0 Å². The van der Waals surface area contributed by atoms with E-state index in [1.807, 2.05) is 19.1 Å². The van der Waals surface area contributed by atoms with Crippen LogP contribution in [0.3, 0.4) is 0 Å². The molecule has 0 saturated carbocycles. The molecule has 1 unspecified atom stereocenters. The van der Waals surface area contributed by atoms with Crippen LogP contribution in [0.2, 0.25) is 10.6 Å². The van der Waals surface area contributed by atoms with Gasteiger partial charge in [0.05, 0.1) is 17.7 Å². The Morgan fingerprint density at radius 1 is 1.11 bits per heavy atom. The predicted octanol–water partition coefficient (Wildman–Crippen LogP) is 3.22. The fraction of sp³-hybridized carbons (Fsp3) is 0.167. The molecule has 96 valence electrons. The number of benzene rings is 1. The van der Waals surface area contributed by atoms with Crippen molar-refractivity contribution in [2.45, 2.75) is 13.0 Å². The number of nitrogens with zero attached hydrogens (tertiary/aromatic N) is 4. The number of anilines is 1. The van der Waals surface area contributed by atoms with Gasteiger partial charge in [0.2, 0.25) is 16.5 Å². The van der Waals surface area contributed by atoms with E-state index in [1.54, 1.807) is 12.1 Å². The summed E-state index contributed by atoms with van der Waals surface area (Å²) in [5.74, 6) is 0.307. The van der Waals surface area contributed by atoms with Crippen LogP contribution in [0.25, 0.3) is 0 Å². The lowest BCUT2D eigenvalue weighted by Crippen LogP contribution is -2.10. The molecule has 0 spiro atoms. The summed E-state index contributed by atoms with van der Waals surface area (Å²) in [6.45, 7) is 1.94. The number of nitrogens with one attached hydrogen (secondary N) is 1. The van der Waals surface area contributed by atoms with E-state index < -0.39 is 0 Å². The molecule has 1 aromatic heterocycles. The summed E-state index contributed by atoms with van der Waals surface area (Å²) in [6.07, 6.45) is 0. The smallest absolute Gasteiger partial charge is 0.228 e. The van der Waals surface area contributed by atoms with Gasteiger partial charge in [-0.3, -0.25) is 0 Å². The second-order valence-corrected chi connectivity index (χ2v) is 4.47. The molecule has 19 heavy (non-hydrogen) atoms. The van der Waals surface area contributed by atoms with Gasteiger partial charge >= 0.3 is 0 Å². The summed E-state index contributed by atoms with van der Waals surface area (Å²) in [4.78, 5) is 11.5. The first-order chi connectivity index (χ1) is 9.08. The SMILES string of the molecule is CC(Nc1nc(Cl)nc(Cl)n1)c1ccc(C#N)cc1. The summed E-state index contributed by atoms with van der Waals surface area (Å²) < 4.78 is 0. The van der Waals surface area contributed by atoms with Crippen LogP contribution in [0.5, 0.6) is 0 Å². The highest BCUT2D eigenvalue weighted by atomic mass is 35.5. The van der Waals surface area contributed by atoms with Crippen LogP contribution in [-0.2, 0) is 0 Å². The van der Waals surface area contributed by atoms with Crippen molar-refractivity contribution in [3.05, 3.63) is 46.0 Å². The van der Waals surface area contributed by atoms with Crippen LogP contribution in [0, 0.1) is 11.3 Å². The summed E-state index contributed by atoms with van der Waals surface area (Å²) in [5.41, 5.74) is 1.61. The van der Waals surface area contributed by atoms with Gasteiger partial charge in [-0.25, -0.2) is 0 Å². The van der Waals surface area contributed by atoms with E-state index in [9.17, 15) is 0 Å². The summed E-state index contributed by atoms with van der Waals surface area (Å²) in [5, 5.41) is 11.9. The lowest BCUT2D eigenvalue weighted by atomic mass is 10.1. The summed E-state index contributed by atoms with van der Waals surface area (Å²) >= 11 is 11.4. The third kappa shape index (κ3) is 3.53. The first-order valence-corrected chi connectivity index (χ1v) is 6.18. The highest BCUT2D eigenvalue weighted by Gasteiger charge is 2.09. The van der Waals surface area contributed by atoms with Gasteiger partial charge in [-0.1, -0.05) is 12.1 Å². The molecular weight excluding hydrogens is 285 g/mol. The maximum absolute atomic E-state index is 8.74. The van der Waals surface area contributed by atoms with Crippen LogP contribution >= 0.6 is 23.2 Å². The maximum atomic E-state index is 8.74. The molecule has 0 aliphatic rings. The van der Waals surface area contributed by atoms with Gasteiger partial charge in [0.25, 0.3) is 0 Å².